The third-order valence-corrected chi connectivity index (χ3v) is 8.15. The van der Waals surface area contributed by atoms with Gasteiger partial charge < -0.3 is 24.6 Å². The molecule has 4 aromatic rings. The van der Waals surface area contributed by atoms with Crippen molar-refractivity contribution in [2.24, 2.45) is 5.92 Å². The van der Waals surface area contributed by atoms with Crippen LogP contribution in [0.25, 0.3) is 0 Å². The summed E-state index contributed by atoms with van der Waals surface area (Å²) < 4.78 is 47.3. The molecule has 0 aliphatic carbocycles. The summed E-state index contributed by atoms with van der Waals surface area (Å²) in [7, 11) is -2.63. The molecule has 0 spiro atoms. The number of aliphatic hydroxyl groups excluding tert-OH is 1. The van der Waals surface area contributed by atoms with E-state index in [0.29, 0.717) is 11.5 Å². The predicted octanol–water partition coefficient (Wildman–Crippen LogP) is 5.64. The highest BCUT2D eigenvalue weighted by Gasteiger charge is 2.31. The average molecular weight is 605 g/mol. The van der Waals surface area contributed by atoms with E-state index in [1.165, 1.54) is 35.7 Å². The predicted molar refractivity (Wildman–Crippen MR) is 166 cm³/mol. The van der Waals surface area contributed by atoms with Crippen LogP contribution in [0.2, 0.25) is 0 Å². The van der Waals surface area contributed by atoms with E-state index in [0.717, 1.165) is 5.56 Å². The van der Waals surface area contributed by atoms with Crippen LogP contribution in [-0.2, 0) is 16.6 Å². The molecule has 0 aliphatic heterocycles. The number of anilines is 1. The van der Waals surface area contributed by atoms with Gasteiger partial charge in [-0.15, -0.1) is 0 Å². The van der Waals surface area contributed by atoms with Crippen molar-refractivity contribution in [1.82, 2.24) is 5.32 Å². The summed E-state index contributed by atoms with van der Waals surface area (Å²) in [6.45, 7) is 3.70. The second-order valence-electron chi connectivity index (χ2n) is 10.1. The number of nitrogens with zero attached hydrogens (tertiary/aromatic N) is 1. The van der Waals surface area contributed by atoms with Gasteiger partial charge in [0.25, 0.3) is 15.9 Å². The third-order valence-electron chi connectivity index (χ3n) is 6.35. The van der Waals surface area contributed by atoms with Gasteiger partial charge in [0.1, 0.15) is 6.61 Å². The summed E-state index contributed by atoms with van der Waals surface area (Å²) in [5.74, 6) is 0.312. The summed E-state index contributed by atoms with van der Waals surface area (Å²) in [6.07, 6.45) is 0. The van der Waals surface area contributed by atoms with Crippen LogP contribution < -0.4 is 23.8 Å². The number of benzene rings is 4. The highest BCUT2D eigenvalue weighted by Crippen LogP contribution is 2.45. The molecule has 0 fully saturated rings. The van der Waals surface area contributed by atoms with Crippen molar-refractivity contribution >= 4 is 21.6 Å². The molecule has 2 N–H and O–H groups in total. The molecule has 0 aromatic heterocycles. The van der Waals surface area contributed by atoms with E-state index >= 15 is 0 Å². The Morgan fingerprint density at radius 3 is 2.14 bits per heavy atom. The maximum Gasteiger partial charge on any atom is 0.264 e. The number of hydrogen-bond acceptors (Lipinski definition) is 7. The first kappa shape index (κ1) is 31.4. The van der Waals surface area contributed by atoms with Gasteiger partial charge in [-0.3, -0.25) is 9.10 Å². The Bertz CT molecular complexity index is 1610. The number of rotatable bonds is 14. The molecule has 226 valence electrons. The summed E-state index contributed by atoms with van der Waals surface area (Å²) in [5.41, 5.74) is 1.16. The van der Waals surface area contributed by atoms with Crippen molar-refractivity contribution in [3.05, 3.63) is 108 Å². The van der Waals surface area contributed by atoms with Gasteiger partial charge in [0, 0.05) is 18.7 Å². The van der Waals surface area contributed by atoms with Crippen LogP contribution in [0, 0.1) is 5.92 Å². The van der Waals surface area contributed by atoms with Crippen LogP contribution in [0.15, 0.2) is 102 Å². The second-order valence-corrected chi connectivity index (χ2v) is 11.9. The highest BCUT2D eigenvalue weighted by atomic mass is 32.2. The quantitative estimate of drug-likeness (QED) is 0.191. The van der Waals surface area contributed by atoms with Crippen molar-refractivity contribution in [3.8, 4) is 23.0 Å². The van der Waals surface area contributed by atoms with Crippen LogP contribution >= 0.6 is 0 Å². The number of amides is 1. The summed E-state index contributed by atoms with van der Waals surface area (Å²) in [4.78, 5) is 13.6. The minimum absolute atomic E-state index is 0.0534. The number of carbonyl (C=O) groups is 1. The van der Waals surface area contributed by atoms with E-state index in [-0.39, 0.29) is 59.9 Å². The maximum atomic E-state index is 14.2. The number of hydrogen-bond donors (Lipinski definition) is 2. The van der Waals surface area contributed by atoms with Crippen LogP contribution in [0.5, 0.6) is 23.0 Å². The zero-order valence-electron chi connectivity index (χ0n) is 24.4. The minimum Gasteiger partial charge on any atom is -0.493 e. The number of carbonyl (C=O) groups excluding carboxylic acids is 1. The molecule has 0 bridgehead atoms. The molecule has 0 unspecified atom stereocenters. The lowest BCUT2D eigenvalue weighted by Gasteiger charge is -2.29. The van der Waals surface area contributed by atoms with Crippen LogP contribution in [0.1, 0.15) is 29.8 Å². The lowest BCUT2D eigenvalue weighted by molar-refractivity contribution is 0.0950. The Morgan fingerprint density at radius 2 is 1.51 bits per heavy atom. The number of nitrogens with one attached hydrogen (secondary N) is 1. The molecule has 10 heteroatoms. The van der Waals surface area contributed by atoms with Gasteiger partial charge in [-0.25, -0.2) is 8.42 Å². The average Bonchev–Trinajstić information content (AvgIpc) is 3.03. The van der Waals surface area contributed by atoms with Gasteiger partial charge in [0.2, 0.25) is 0 Å². The first-order chi connectivity index (χ1) is 20.7. The molecule has 0 heterocycles. The Balaban J connectivity index is 1.92. The SMILES string of the molecule is COc1ccccc1Oc1c(OCCO)cc(C(=O)NCc2ccccc2)cc1N(CC(C)C)S(=O)(=O)c1ccccc1. The van der Waals surface area contributed by atoms with E-state index in [1.54, 1.807) is 42.5 Å². The monoisotopic (exact) mass is 604 g/mol. The summed E-state index contributed by atoms with van der Waals surface area (Å²) in [6, 6.07) is 27.4. The fourth-order valence-electron chi connectivity index (χ4n) is 4.34. The number of ether oxygens (including phenoxy) is 3. The van der Waals surface area contributed by atoms with Crippen LogP contribution in [-0.4, -0.2) is 46.3 Å². The van der Waals surface area contributed by atoms with E-state index < -0.39 is 15.9 Å². The van der Waals surface area contributed by atoms with Crippen molar-refractivity contribution in [3.63, 3.8) is 0 Å². The fourth-order valence-corrected chi connectivity index (χ4v) is 5.98. The summed E-state index contributed by atoms with van der Waals surface area (Å²) in [5, 5.41) is 12.5. The maximum absolute atomic E-state index is 14.2. The van der Waals surface area contributed by atoms with E-state index in [1.807, 2.05) is 44.2 Å². The first-order valence-corrected chi connectivity index (χ1v) is 15.3. The lowest BCUT2D eigenvalue weighted by Crippen LogP contribution is -2.35. The van der Waals surface area contributed by atoms with Gasteiger partial charge in [-0.05, 0) is 47.9 Å². The molecule has 0 atom stereocenters. The number of sulfonamides is 1. The van der Waals surface area contributed by atoms with E-state index in [4.69, 9.17) is 14.2 Å². The molecule has 4 aromatic carbocycles. The number of methoxy groups -OCH3 is 1. The van der Waals surface area contributed by atoms with Crippen molar-refractivity contribution in [1.29, 1.82) is 0 Å². The Labute approximate surface area is 252 Å². The summed E-state index contributed by atoms with van der Waals surface area (Å²) >= 11 is 0. The molecule has 1 amide bonds. The Hall–Kier alpha value is -4.54. The normalized spacial score (nSPS) is 11.2. The van der Waals surface area contributed by atoms with Crippen molar-refractivity contribution in [2.75, 3.05) is 31.2 Å². The topological polar surface area (TPSA) is 114 Å². The second kappa shape index (κ2) is 14.6. The largest absolute Gasteiger partial charge is 0.493 e. The number of para-hydroxylation sites is 2. The molecule has 4 rings (SSSR count). The standard InChI is InChI=1S/C33H36N2O7S/c1-24(2)23-35(43(38,39)27-14-8-5-9-15-27)28-20-26(33(37)34-22-25-12-6-4-7-13-25)21-31(41-19-18-36)32(28)42-30-17-11-10-16-29(30)40-3/h4-17,20-21,24,36H,18-19,22-23H2,1-3H3,(H,34,37). The zero-order valence-corrected chi connectivity index (χ0v) is 25.2. The third kappa shape index (κ3) is 7.85. The van der Waals surface area contributed by atoms with Gasteiger partial charge in [-0.2, -0.15) is 0 Å². The van der Waals surface area contributed by atoms with E-state index in [9.17, 15) is 18.3 Å². The fraction of sp³-hybridized carbons (Fsp3) is 0.242. The lowest BCUT2D eigenvalue weighted by atomic mass is 10.1. The van der Waals surface area contributed by atoms with Gasteiger partial charge in [0.15, 0.2) is 23.0 Å². The Kier molecular flexibility index (Phi) is 10.6. The molecular weight excluding hydrogens is 568 g/mol. The molecule has 0 radical (unpaired) electrons. The molecule has 43 heavy (non-hydrogen) atoms. The van der Waals surface area contributed by atoms with Gasteiger partial charge in [0.05, 0.1) is 24.3 Å². The molecule has 9 nitrogen and oxygen atoms in total. The van der Waals surface area contributed by atoms with Crippen LogP contribution in [0.4, 0.5) is 5.69 Å². The first-order valence-electron chi connectivity index (χ1n) is 13.9. The van der Waals surface area contributed by atoms with Crippen LogP contribution in [0.3, 0.4) is 0 Å². The smallest absolute Gasteiger partial charge is 0.264 e. The molecule has 0 saturated carbocycles. The van der Waals surface area contributed by atoms with Crippen molar-refractivity contribution in [2.45, 2.75) is 25.3 Å². The van der Waals surface area contributed by atoms with E-state index in [2.05, 4.69) is 5.32 Å². The zero-order chi connectivity index (χ0) is 30.8. The molecule has 0 saturated heterocycles. The molecule has 0 aliphatic rings. The van der Waals surface area contributed by atoms with Gasteiger partial charge >= 0.3 is 0 Å². The van der Waals surface area contributed by atoms with Gasteiger partial charge in [-0.1, -0.05) is 74.5 Å². The minimum atomic E-state index is -4.13. The highest BCUT2D eigenvalue weighted by molar-refractivity contribution is 7.92. The van der Waals surface area contributed by atoms with Crippen molar-refractivity contribution < 1.29 is 32.5 Å². The molecular formula is C33H36N2O7S. The number of aliphatic hydroxyl groups is 1. The Morgan fingerprint density at radius 1 is 0.884 bits per heavy atom.